The van der Waals surface area contributed by atoms with Gasteiger partial charge in [0.25, 0.3) is 0 Å². The van der Waals surface area contributed by atoms with Crippen LogP contribution in [-0.4, -0.2) is 11.3 Å². The Morgan fingerprint density at radius 1 is 1.25 bits per heavy atom. The molecule has 0 unspecified atom stereocenters. The quantitative estimate of drug-likeness (QED) is 0.712. The average Bonchev–Trinajstić information content (AvgIpc) is 2.38. The Morgan fingerprint density at radius 3 is 2.81 bits per heavy atom. The van der Waals surface area contributed by atoms with E-state index in [-0.39, 0.29) is 0 Å². The largest absolute Gasteiger partial charge is 0.298 e. The van der Waals surface area contributed by atoms with Crippen molar-refractivity contribution in [3.05, 3.63) is 53.9 Å². The Bertz CT molecular complexity index is 570. The topological polar surface area (TPSA) is 53.8 Å². The number of nitrogens with zero attached hydrogens (tertiary/aromatic N) is 2. The molecule has 0 saturated heterocycles. The van der Waals surface area contributed by atoms with Crippen molar-refractivity contribution in [2.24, 2.45) is 0 Å². The summed E-state index contributed by atoms with van der Waals surface area (Å²) in [6, 6.07) is 11.0. The molecule has 1 heterocycles. The fourth-order valence-electron chi connectivity index (χ4n) is 1.51. The number of hydrogen-bond acceptors (Lipinski definition) is 3. The molecular weight excluding hydrogens is 200 g/mol. The van der Waals surface area contributed by atoms with Crippen LogP contribution in [0.4, 0.5) is 0 Å². The third-order valence-electron chi connectivity index (χ3n) is 2.27. The number of hydrogen-bond donors (Lipinski definition) is 0. The van der Waals surface area contributed by atoms with Gasteiger partial charge in [0, 0.05) is 23.5 Å². The Labute approximate surface area is 93.0 Å². The number of carbonyl (C=O) groups is 1. The summed E-state index contributed by atoms with van der Waals surface area (Å²) >= 11 is 0. The average molecular weight is 208 g/mol. The van der Waals surface area contributed by atoms with E-state index in [1.165, 1.54) is 6.20 Å². The number of benzene rings is 1. The van der Waals surface area contributed by atoms with E-state index >= 15 is 0 Å². The molecule has 0 amide bonds. The SMILES string of the molecule is N#Cc1cncc(-c2ccccc2C=O)c1. The second-order valence-corrected chi connectivity index (χ2v) is 3.28. The van der Waals surface area contributed by atoms with Crippen molar-refractivity contribution in [1.82, 2.24) is 4.98 Å². The molecule has 0 fully saturated rings. The molecular formula is C13H8N2O. The van der Waals surface area contributed by atoms with Gasteiger partial charge in [-0.05, 0) is 11.6 Å². The second kappa shape index (κ2) is 4.37. The first-order valence-electron chi connectivity index (χ1n) is 4.75. The summed E-state index contributed by atoms with van der Waals surface area (Å²) < 4.78 is 0. The van der Waals surface area contributed by atoms with Gasteiger partial charge < -0.3 is 0 Å². The van der Waals surface area contributed by atoms with E-state index < -0.39 is 0 Å². The third-order valence-corrected chi connectivity index (χ3v) is 2.27. The van der Waals surface area contributed by atoms with Crippen LogP contribution in [0.5, 0.6) is 0 Å². The molecule has 2 rings (SSSR count). The van der Waals surface area contributed by atoms with Crippen LogP contribution >= 0.6 is 0 Å². The minimum atomic E-state index is 0.484. The molecule has 0 radical (unpaired) electrons. The van der Waals surface area contributed by atoms with Crippen molar-refractivity contribution in [1.29, 1.82) is 5.26 Å². The minimum Gasteiger partial charge on any atom is -0.298 e. The van der Waals surface area contributed by atoms with E-state index in [4.69, 9.17) is 5.26 Å². The van der Waals surface area contributed by atoms with Crippen LogP contribution < -0.4 is 0 Å². The van der Waals surface area contributed by atoms with Crippen molar-refractivity contribution in [2.75, 3.05) is 0 Å². The van der Waals surface area contributed by atoms with E-state index in [0.717, 1.165) is 17.4 Å². The predicted molar refractivity (Wildman–Crippen MR) is 59.8 cm³/mol. The highest BCUT2D eigenvalue weighted by Gasteiger charge is 2.04. The molecule has 0 saturated carbocycles. The van der Waals surface area contributed by atoms with Gasteiger partial charge in [0.1, 0.15) is 6.07 Å². The van der Waals surface area contributed by atoms with Crippen molar-refractivity contribution in [3.63, 3.8) is 0 Å². The molecule has 16 heavy (non-hydrogen) atoms. The van der Waals surface area contributed by atoms with Crippen LogP contribution in [0, 0.1) is 11.3 Å². The molecule has 0 aliphatic rings. The molecule has 2 aromatic rings. The Balaban J connectivity index is 2.59. The summed E-state index contributed by atoms with van der Waals surface area (Å²) in [5.41, 5.74) is 2.65. The van der Waals surface area contributed by atoms with Crippen molar-refractivity contribution >= 4 is 6.29 Å². The number of aldehydes is 1. The van der Waals surface area contributed by atoms with Gasteiger partial charge in [-0.2, -0.15) is 5.26 Å². The van der Waals surface area contributed by atoms with Crippen LogP contribution in [0.1, 0.15) is 15.9 Å². The summed E-state index contributed by atoms with van der Waals surface area (Å²) in [6.07, 6.45) is 3.94. The van der Waals surface area contributed by atoms with Crippen LogP contribution in [-0.2, 0) is 0 Å². The summed E-state index contributed by atoms with van der Waals surface area (Å²) in [6.45, 7) is 0. The van der Waals surface area contributed by atoms with Gasteiger partial charge in [-0.15, -0.1) is 0 Å². The van der Waals surface area contributed by atoms with E-state index in [1.54, 1.807) is 24.4 Å². The monoisotopic (exact) mass is 208 g/mol. The maximum absolute atomic E-state index is 10.9. The molecule has 3 heteroatoms. The van der Waals surface area contributed by atoms with Gasteiger partial charge in [-0.25, -0.2) is 0 Å². The summed E-state index contributed by atoms with van der Waals surface area (Å²) in [7, 11) is 0. The molecule has 0 spiro atoms. The first-order chi connectivity index (χ1) is 7.85. The van der Waals surface area contributed by atoms with Gasteiger partial charge in [0.15, 0.2) is 6.29 Å². The lowest BCUT2D eigenvalue weighted by molar-refractivity contribution is 0.112. The predicted octanol–water partition coefficient (Wildman–Crippen LogP) is 2.43. The molecule has 0 aliphatic heterocycles. The molecule has 0 aliphatic carbocycles. The summed E-state index contributed by atoms with van der Waals surface area (Å²) in [5, 5.41) is 8.78. The Kier molecular flexibility index (Phi) is 2.75. The summed E-state index contributed by atoms with van der Waals surface area (Å²) in [5.74, 6) is 0. The van der Waals surface area contributed by atoms with Crippen LogP contribution in [0.15, 0.2) is 42.7 Å². The normalized spacial score (nSPS) is 9.44. The standard InChI is InChI=1S/C13H8N2O/c14-6-10-5-12(8-15-7-10)13-4-2-1-3-11(13)9-16/h1-5,7-9H. The first-order valence-corrected chi connectivity index (χ1v) is 4.75. The van der Waals surface area contributed by atoms with Crippen LogP contribution in [0.2, 0.25) is 0 Å². The van der Waals surface area contributed by atoms with Gasteiger partial charge in [0.2, 0.25) is 0 Å². The number of rotatable bonds is 2. The maximum atomic E-state index is 10.9. The van der Waals surface area contributed by atoms with E-state index in [1.807, 2.05) is 18.2 Å². The Hall–Kier alpha value is -2.47. The zero-order chi connectivity index (χ0) is 11.4. The molecule has 1 aromatic carbocycles. The van der Waals surface area contributed by atoms with E-state index in [0.29, 0.717) is 11.1 Å². The highest BCUT2D eigenvalue weighted by Crippen LogP contribution is 2.22. The highest BCUT2D eigenvalue weighted by atomic mass is 16.1. The fourth-order valence-corrected chi connectivity index (χ4v) is 1.51. The molecule has 3 nitrogen and oxygen atoms in total. The lowest BCUT2D eigenvalue weighted by Crippen LogP contribution is -1.88. The van der Waals surface area contributed by atoms with Crippen molar-refractivity contribution in [2.45, 2.75) is 0 Å². The maximum Gasteiger partial charge on any atom is 0.150 e. The van der Waals surface area contributed by atoms with Gasteiger partial charge in [0.05, 0.1) is 5.56 Å². The molecule has 0 atom stereocenters. The van der Waals surface area contributed by atoms with Crippen molar-refractivity contribution in [3.8, 4) is 17.2 Å². The fraction of sp³-hybridized carbons (Fsp3) is 0. The number of nitriles is 1. The lowest BCUT2D eigenvalue weighted by atomic mass is 10.0. The van der Waals surface area contributed by atoms with Crippen LogP contribution in [0.3, 0.4) is 0 Å². The molecule has 76 valence electrons. The number of carbonyl (C=O) groups excluding carboxylic acids is 1. The number of pyridine rings is 1. The number of aromatic nitrogens is 1. The second-order valence-electron chi connectivity index (χ2n) is 3.28. The van der Waals surface area contributed by atoms with Gasteiger partial charge >= 0.3 is 0 Å². The lowest BCUT2D eigenvalue weighted by Gasteiger charge is -2.03. The highest BCUT2D eigenvalue weighted by molar-refractivity contribution is 5.87. The minimum absolute atomic E-state index is 0.484. The zero-order valence-corrected chi connectivity index (χ0v) is 8.42. The van der Waals surface area contributed by atoms with Gasteiger partial charge in [-0.3, -0.25) is 9.78 Å². The van der Waals surface area contributed by atoms with E-state index in [9.17, 15) is 4.79 Å². The van der Waals surface area contributed by atoms with Crippen LogP contribution in [0.25, 0.3) is 11.1 Å². The zero-order valence-electron chi connectivity index (χ0n) is 8.42. The third kappa shape index (κ3) is 1.82. The molecule has 1 aromatic heterocycles. The van der Waals surface area contributed by atoms with Gasteiger partial charge in [-0.1, -0.05) is 24.3 Å². The smallest absolute Gasteiger partial charge is 0.150 e. The molecule has 0 bridgehead atoms. The molecule has 0 N–H and O–H groups in total. The van der Waals surface area contributed by atoms with E-state index in [2.05, 4.69) is 4.98 Å². The van der Waals surface area contributed by atoms with Crippen molar-refractivity contribution < 1.29 is 4.79 Å². The summed E-state index contributed by atoms with van der Waals surface area (Å²) in [4.78, 5) is 14.8. The first kappa shape index (κ1) is 10.1. The Morgan fingerprint density at radius 2 is 2.06 bits per heavy atom.